The lowest BCUT2D eigenvalue weighted by Crippen LogP contribution is -2.37. The predicted octanol–water partition coefficient (Wildman–Crippen LogP) is 5.11. The molecule has 150 valence electrons. The van der Waals surface area contributed by atoms with Crippen LogP contribution in [0.5, 0.6) is 0 Å². The molecular formula is C24H33N3O. The highest BCUT2D eigenvalue weighted by atomic mass is 16.2. The van der Waals surface area contributed by atoms with Gasteiger partial charge in [-0.15, -0.1) is 0 Å². The van der Waals surface area contributed by atoms with Gasteiger partial charge in [-0.3, -0.25) is 9.48 Å². The Morgan fingerprint density at radius 2 is 1.93 bits per heavy atom. The molecule has 1 atom stereocenters. The summed E-state index contributed by atoms with van der Waals surface area (Å²) >= 11 is 0. The number of hydrogen-bond donors (Lipinski definition) is 0. The number of rotatable bonds is 5. The largest absolute Gasteiger partial charge is 0.330 e. The van der Waals surface area contributed by atoms with E-state index >= 15 is 0 Å². The maximum Gasteiger partial charge on any atom is 0.223 e. The summed E-state index contributed by atoms with van der Waals surface area (Å²) in [6.07, 6.45) is 10.4. The number of aromatic nitrogens is 2. The van der Waals surface area contributed by atoms with Crippen molar-refractivity contribution in [2.75, 3.05) is 0 Å². The highest BCUT2D eigenvalue weighted by Gasteiger charge is 2.31. The van der Waals surface area contributed by atoms with Crippen molar-refractivity contribution in [1.82, 2.24) is 14.7 Å². The van der Waals surface area contributed by atoms with Crippen LogP contribution < -0.4 is 0 Å². The quantitative estimate of drug-likeness (QED) is 0.724. The Balaban J connectivity index is 1.61. The van der Waals surface area contributed by atoms with Gasteiger partial charge < -0.3 is 4.90 Å². The number of nitrogens with zero attached hydrogens (tertiary/aromatic N) is 3. The van der Waals surface area contributed by atoms with Gasteiger partial charge >= 0.3 is 0 Å². The molecule has 4 rings (SSSR count). The van der Waals surface area contributed by atoms with E-state index in [0.717, 1.165) is 30.7 Å². The van der Waals surface area contributed by atoms with Gasteiger partial charge in [0.2, 0.25) is 5.91 Å². The van der Waals surface area contributed by atoms with Crippen molar-refractivity contribution < 1.29 is 4.79 Å². The van der Waals surface area contributed by atoms with Crippen LogP contribution in [0.2, 0.25) is 0 Å². The zero-order valence-corrected chi connectivity index (χ0v) is 17.4. The lowest BCUT2D eigenvalue weighted by atomic mass is 9.84. The molecule has 2 aromatic rings. The fraction of sp³-hybridized carbons (Fsp3) is 0.583. The summed E-state index contributed by atoms with van der Waals surface area (Å²) in [5, 5.41) is 4.51. The van der Waals surface area contributed by atoms with E-state index in [2.05, 4.69) is 40.3 Å². The second kappa shape index (κ2) is 8.50. The minimum atomic E-state index is 0.191. The van der Waals surface area contributed by atoms with E-state index in [4.69, 9.17) is 0 Å². The van der Waals surface area contributed by atoms with Crippen LogP contribution >= 0.6 is 0 Å². The first-order chi connectivity index (χ1) is 13.6. The first kappa shape index (κ1) is 19.2. The van der Waals surface area contributed by atoms with Crippen LogP contribution in [0.1, 0.15) is 79.9 Å². The lowest BCUT2D eigenvalue weighted by molar-refractivity contribution is -0.136. The number of benzene rings is 1. The van der Waals surface area contributed by atoms with Crippen LogP contribution in [0.15, 0.2) is 30.3 Å². The zero-order chi connectivity index (χ0) is 19.5. The van der Waals surface area contributed by atoms with Gasteiger partial charge in [-0.25, -0.2) is 0 Å². The summed E-state index contributed by atoms with van der Waals surface area (Å²) in [5.41, 5.74) is 4.90. The van der Waals surface area contributed by atoms with Crippen molar-refractivity contribution in [3.8, 4) is 0 Å². The van der Waals surface area contributed by atoms with E-state index in [0.29, 0.717) is 24.8 Å². The van der Waals surface area contributed by atoms with Crippen LogP contribution in [0.25, 0.3) is 0 Å². The average Bonchev–Trinajstić information content (AvgIpc) is 3.03. The number of aryl methyl sites for hydroxylation is 3. The van der Waals surface area contributed by atoms with Crippen molar-refractivity contribution in [2.45, 2.75) is 77.3 Å². The SMILES string of the molecule is Cc1cc(CN(C(=O)CC2CCCCC2)[C@H]2CCCc3ccccc32)n(C)n1. The molecule has 0 N–H and O–H groups in total. The molecule has 0 aliphatic heterocycles. The molecule has 0 spiro atoms. The summed E-state index contributed by atoms with van der Waals surface area (Å²) in [6, 6.07) is 11.0. The maximum atomic E-state index is 13.5. The second-order valence-corrected chi connectivity index (χ2v) is 8.74. The topological polar surface area (TPSA) is 38.1 Å². The zero-order valence-electron chi connectivity index (χ0n) is 17.4. The fourth-order valence-corrected chi connectivity index (χ4v) is 5.17. The summed E-state index contributed by atoms with van der Waals surface area (Å²) in [6.45, 7) is 2.68. The summed E-state index contributed by atoms with van der Waals surface area (Å²) in [5.74, 6) is 0.892. The van der Waals surface area contributed by atoms with Crippen molar-refractivity contribution in [3.63, 3.8) is 0 Å². The molecule has 0 saturated heterocycles. The van der Waals surface area contributed by atoms with E-state index in [1.54, 1.807) is 0 Å². The van der Waals surface area contributed by atoms with Crippen LogP contribution in [0.3, 0.4) is 0 Å². The van der Waals surface area contributed by atoms with E-state index in [1.807, 2.05) is 18.7 Å². The van der Waals surface area contributed by atoms with Crippen molar-refractivity contribution >= 4 is 5.91 Å². The van der Waals surface area contributed by atoms with Crippen LogP contribution in [-0.2, 0) is 24.8 Å². The minimum Gasteiger partial charge on any atom is -0.330 e. The van der Waals surface area contributed by atoms with Crippen LogP contribution in [-0.4, -0.2) is 20.6 Å². The Morgan fingerprint density at radius 1 is 1.14 bits per heavy atom. The first-order valence-corrected chi connectivity index (χ1v) is 11.0. The molecule has 2 aliphatic rings. The lowest BCUT2D eigenvalue weighted by Gasteiger charge is -2.37. The molecule has 4 nitrogen and oxygen atoms in total. The molecule has 2 aliphatic carbocycles. The molecule has 1 amide bonds. The third-order valence-corrected chi connectivity index (χ3v) is 6.65. The van der Waals surface area contributed by atoms with Gasteiger partial charge in [-0.2, -0.15) is 5.10 Å². The van der Waals surface area contributed by atoms with Gasteiger partial charge in [0, 0.05) is 13.5 Å². The average molecular weight is 380 g/mol. The molecule has 28 heavy (non-hydrogen) atoms. The number of carbonyl (C=O) groups excluding carboxylic acids is 1. The highest BCUT2D eigenvalue weighted by molar-refractivity contribution is 5.77. The second-order valence-electron chi connectivity index (χ2n) is 8.74. The monoisotopic (exact) mass is 379 g/mol. The fourth-order valence-electron chi connectivity index (χ4n) is 5.17. The Bertz CT molecular complexity index is 819. The van der Waals surface area contributed by atoms with E-state index in [1.165, 1.54) is 43.2 Å². The van der Waals surface area contributed by atoms with Crippen LogP contribution in [0.4, 0.5) is 0 Å². The molecule has 1 fully saturated rings. The molecule has 0 unspecified atom stereocenters. The van der Waals surface area contributed by atoms with Gasteiger partial charge in [0.1, 0.15) is 0 Å². The molecule has 0 radical (unpaired) electrons. The Labute approximate surface area is 168 Å². The number of fused-ring (bicyclic) bond motifs is 1. The molecule has 1 aromatic carbocycles. The van der Waals surface area contributed by atoms with Gasteiger partial charge in [0.05, 0.1) is 24.0 Å². The number of hydrogen-bond acceptors (Lipinski definition) is 2. The Hall–Kier alpha value is -2.10. The Kier molecular flexibility index (Phi) is 5.84. The standard InChI is InChI=1S/C24H33N3O/c1-18-15-21(26(2)25-18)17-27(24(28)16-19-9-4-3-5-10-19)23-14-8-12-20-11-6-7-13-22(20)23/h6-7,11,13,15,19,23H,3-5,8-10,12,14,16-17H2,1-2H3/t23-/m0/s1. The molecular weight excluding hydrogens is 346 g/mol. The maximum absolute atomic E-state index is 13.5. The minimum absolute atomic E-state index is 0.191. The van der Waals surface area contributed by atoms with Crippen molar-refractivity contribution in [3.05, 3.63) is 52.8 Å². The predicted molar refractivity (Wildman–Crippen MR) is 112 cm³/mol. The first-order valence-electron chi connectivity index (χ1n) is 11.0. The van der Waals surface area contributed by atoms with Gasteiger partial charge in [-0.1, -0.05) is 43.5 Å². The summed E-state index contributed by atoms with van der Waals surface area (Å²) in [4.78, 5) is 15.7. The van der Waals surface area contributed by atoms with Gasteiger partial charge in [-0.05, 0) is 62.1 Å². The van der Waals surface area contributed by atoms with E-state index < -0.39 is 0 Å². The molecule has 4 heteroatoms. The smallest absolute Gasteiger partial charge is 0.223 e. The third kappa shape index (κ3) is 4.16. The summed E-state index contributed by atoms with van der Waals surface area (Å²) in [7, 11) is 1.99. The molecule has 1 saturated carbocycles. The highest BCUT2D eigenvalue weighted by Crippen LogP contribution is 2.37. The van der Waals surface area contributed by atoms with E-state index in [-0.39, 0.29) is 6.04 Å². The van der Waals surface area contributed by atoms with E-state index in [9.17, 15) is 4.79 Å². The van der Waals surface area contributed by atoms with Gasteiger partial charge in [0.25, 0.3) is 0 Å². The van der Waals surface area contributed by atoms with Crippen molar-refractivity contribution in [2.24, 2.45) is 13.0 Å². The molecule has 1 aromatic heterocycles. The van der Waals surface area contributed by atoms with Gasteiger partial charge in [0.15, 0.2) is 0 Å². The Morgan fingerprint density at radius 3 is 2.68 bits per heavy atom. The summed E-state index contributed by atoms with van der Waals surface area (Å²) < 4.78 is 1.94. The molecule has 1 heterocycles. The van der Waals surface area contributed by atoms with Crippen LogP contribution in [0, 0.1) is 12.8 Å². The van der Waals surface area contributed by atoms with Crippen molar-refractivity contribution in [1.29, 1.82) is 0 Å². The number of amides is 1. The number of carbonyl (C=O) groups is 1. The third-order valence-electron chi connectivity index (χ3n) is 6.65. The molecule has 0 bridgehead atoms. The normalized spacial score (nSPS) is 20.0.